The molecule has 1 fully saturated rings. The number of rotatable bonds is 2. The lowest BCUT2D eigenvalue weighted by Crippen LogP contribution is -2.18. The maximum Gasteiger partial charge on any atom is 0.0326 e. The van der Waals surface area contributed by atoms with Gasteiger partial charge in [-0.25, -0.2) is 0 Å². The number of hydrogen-bond donors (Lipinski definition) is 1. The van der Waals surface area contributed by atoms with Crippen molar-refractivity contribution in [3.8, 4) is 0 Å². The first-order valence-corrected chi connectivity index (χ1v) is 8.36. The Morgan fingerprint density at radius 1 is 0.773 bits per heavy atom. The number of aryl methyl sites for hydroxylation is 1. The molecule has 2 unspecified atom stereocenters. The number of hydrogen-bond acceptors (Lipinski definition) is 1. The van der Waals surface area contributed by atoms with E-state index in [1.807, 2.05) is 0 Å². The molecule has 0 bridgehead atoms. The standard InChI is InChI=1S/C21H27N/c1-15-5-7-16(8-6-15)19-13-14-20(22-19)17-9-11-18(12-10-17)21(2,3)4/h5-12,19-20,22H,13-14H2,1-4H3. The molecule has 1 heteroatoms. The first-order chi connectivity index (χ1) is 10.4. The highest BCUT2D eigenvalue weighted by atomic mass is 15.0. The molecule has 1 N–H and O–H groups in total. The van der Waals surface area contributed by atoms with E-state index in [0.29, 0.717) is 12.1 Å². The highest BCUT2D eigenvalue weighted by molar-refractivity contribution is 5.31. The minimum absolute atomic E-state index is 0.228. The molecule has 1 nitrogen and oxygen atoms in total. The van der Waals surface area contributed by atoms with Crippen molar-refractivity contribution >= 4 is 0 Å². The molecule has 116 valence electrons. The van der Waals surface area contributed by atoms with Crippen molar-refractivity contribution < 1.29 is 0 Å². The van der Waals surface area contributed by atoms with Crippen LogP contribution in [0.2, 0.25) is 0 Å². The average Bonchev–Trinajstić information content (AvgIpc) is 2.97. The maximum atomic E-state index is 3.80. The predicted octanol–water partition coefficient (Wildman–Crippen LogP) is 5.46. The zero-order chi connectivity index (χ0) is 15.7. The van der Waals surface area contributed by atoms with Gasteiger partial charge in [-0.2, -0.15) is 0 Å². The predicted molar refractivity (Wildman–Crippen MR) is 94.2 cm³/mol. The Hall–Kier alpha value is -1.60. The molecule has 0 amide bonds. The van der Waals surface area contributed by atoms with Gasteiger partial charge in [0.1, 0.15) is 0 Å². The average molecular weight is 293 g/mol. The van der Waals surface area contributed by atoms with Crippen LogP contribution in [0.1, 0.15) is 68.0 Å². The summed E-state index contributed by atoms with van der Waals surface area (Å²) in [6.45, 7) is 8.95. The fraction of sp³-hybridized carbons (Fsp3) is 0.429. The van der Waals surface area contributed by atoms with Crippen LogP contribution < -0.4 is 5.32 Å². The molecular weight excluding hydrogens is 266 g/mol. The zero-order valence-electron chi connectivity index (χ0n) is 14.2. The largest absolute Gasteiger partial charge is 0.303 e. The lowest BCUT2D eigenvalue weighted by molar-refractivity contribution is 0.570. The number of nitrogens with one attached hydrogen (secondary N) is 1. The Bertz CT molecular complexity index is 616. The maximum absolute atomic E-state index is 3.80. The zero-order valence-corrected chi connectivity index (χ0v) is 14.2. The molecule has 0 aromatic heterocycles. The molecule has 1 aliphatic heterocycles. The van der Waals surface area contributed by atoms with Gasteiger partial charge in [-0.15, -0.1) is 0 Å². The van der Waals surface area contributed by atoms with E-state index in [9.17, 15) is 0 Å². The van der Waals surface area contributed by atoms with Crippen LogP contribution in [0, 0.1) is 6.92 Å². The molecular formula is C21H27N. The monoisotopic (exact) mass is 293 g/mol. The third-order valence-electron chi connectivity index (χ3n) is 4.81. The van der Waals surface area contributed by atoms with E-state index in [0.717, 1.165) is 0 Å². The molecule has 1 saturated heterocycles. The Morgan fingerprint density at radius 3 is 1.68 bits per heavy atom. The van der Waals surface area contributed by atoms with Gasteiger partial charge in [0, 0.05) is 12.1 Å². The molecule has 1 heterocycles. The van der Waals surface area contributed by atoms with E-state index in [4.69, 9.17) is 0 Å². The lowest BCUT2D eigenvalue weighted by atomic mass is 9.86. The van der Waals surface area contributed by atoms with Crippen LogP contribution in [0.4, 0.5) is 0 Å². The summed E-state index contributed by atoms with van der Waals surface area (Å²) in [5.74, 6) is 0. The third-order valence-corrected chi connectivity index (χ3v) is 4.81. The van der Waals surface area contributed by atoms with Gasteiger partial charge in [-0.05, 0) is 41.9 Å². The lowest BCUT2D eigenvalue weighted by Gasteiger charge is -2.20. The van der Waals surface area contributed by atoms with Crippen molar-refractivity contribution in [2.45, 2.75) is 58.0 Å². The molecule has 22 heavy (non-hydrogen) atoms. The van der Waals surface area contributed by atoms with Crippen molar-refractivity contribution in [3.63, 3.8) is 0 Å². The molecule has 0 spiro atoms. The van der Waals surface area contributed by atoms with Crippen LogP contribution >= 0.6 is 0 Å². The second kappa shape index (κ2) is 5.89. The molecule has 2 aromatic carbocycles. The fourth-order valence-electron chi connectivity index (χ4n) is 3.28. The normalized spacial score (nSPS) is 22.0. The van der Waals surface area contributed by atoms with E-state index in [1.165, 1.54) is 35.1 Å². The van der Waals surface area contributed by atoms with Crippen molar-refractivity contribution in [3.05, 3.63) is 70.8 Å². The summed E-state index contributed by atoms with van der Waals surface area (Å²) < 4.78 is 0. The van der Waals surface area contributed by atoms with Gasteiger partial charge in [0.25, 0.3) is 0 Å². The van der Waals surface area contributed by atoms with Crippen molar-refractivity contribution in [1.82, 2.24) is 5.32 Å². The summed E-state index contributed by atoms with van der Waals surface area (Å²) in [4.78, 5) is 0. The molecule has 3 rings (SSSR count). The minimum atomic E-state index is 0.228. The summed E-state index contributed by atoms with van der Waals surface area (Å²) in [7, 11) is 0. The van der Waals surface area contributed by atoms with Crippen LogP contribution in [-0.4, -0.2) is 0 Å². The second-order valence-corrected chi connectivity index (χ2v) is 7.63. The summed E-state index contributed by atoms with van der Waals surface area (Å²) in [6, 6.07) is 19.1. The third kappa shape index (κ3) is 3.25. The molecule has 0 radical (unpaired) electrons. The van der Waals surface area contributed by atoms with Gasteiger partial charge in [-0.1, -0.05) is 74.9 Å². The molecule has 0 saturated carbocycles. The van der Waals surface area contributed by atoms with Gasteiger partial charge < -0.3 is 5.32 Å². The van der Waals surface area contributed by atoms with Crippen molar-refractivity contribution in [2.24, 2.45) is 0 Å². The van der Waals surface area contributed by atoms with Crippen LogP contribution in [0.15, 0.2) is 48.5 Å². The Morgan fingerprint density at radius 2 is 1.23 bits per heavy atom. The molecule has 1 aliphatic rings. The van der Waals surface area contributed by atoms with E-state index in [2.05, 4.69) is 81.5 Å². The first-order valence-electron chi connectivity index (χ1n) is 8.36. The Labute approximate surface area is 134 Å². The summed E-state index contributed by atoms with van der Waals surface area (Å²) in [6.07, 6.45) is 2.43. The van der Waals surface area contributed by atoms with Crippen LogP contribution in [0.25, 0.3) is 0 Å². The second-order valence-electron chi connectivity index (χ2n) is 7.63. The highest BCUT2D eigenvalue weighted by Gasteiger charge is 2.26. The van der Waals surface area contributed by atoms with E-state index in [-0.39, 0.29) is 5.41 Å². The highest BCUT2D eigenvalue weighted by Crippen LogP contribution is 2.35. The minimum Gasteiger partial charge on any atom is -0.303 e. The molecule has 2 atom stereocenters. The topological polar surface area (TPSA) is 12.0 Å². The van der Waals surface area contributed by atoms with Crippen LogP contribution in [0.3, 0.4) is 0 Å². The SMILES string of the molecule is Cc1ccc(C2CCC(c3ccc(C(C)(C)C)cc3)N2)cc1. The van der Waals surface area contributed by atoms with E-state index < -0.39 is 0 Å². The van der Waals surface area contributed by atoms with Crippen molar-refractivity contribution in [2.75, 3.05) is 0 Å². The van der Waals surface area contributed by atoms with Gasteiger partial charge in [0.05, 0.1) is 0 Å². The van der Waals surface area contributed by atoms with Crippen molar-refractivity contribution in [1.29, 1.82) is 0 Å². The van der Waals surface area contributed by atoms with Crippen LogP contribution in [0.5, 0.6) is 0 Å². The van der Waals surface area contributed by atoms with E-state index >= 15 is 0 Å². The summed E-state index contributed by atoms with van der Waals surface area (Å²) in [5.41, 5.74) is 5.80. The van der Waals surface area contributed by atoms with Gasteiger partial charge in [-0.3, -0.25) is 0 Å². The summed E-state index contributed by atoms with van der Waals surface area (Å²) in [5, 5.41) is 3.80. The smallest absolute Gasteiger partial charge is 0.0326 e. The quantitative estimate of drug-likeness (QED) is 0.775. The fourth-order valence-corrected chi connectivity index (χ4v) is 3.28. The van der Waals surface area contributed by atoms with E-state index in [1.54, 1.807) is 0 Å². The number of benzene rings is 2. The van der Waals surface area contributed by atoms with Gasteiger partial charge in [0.2, 0.25) is 0 Å². The van der Waals surface area contributed by atoms with Gasteiger partial charge >= 0.3 is 0 Å². The summed E-state index contributed by atoms with van der Waals surface area (Å²) >= 11 is 0. The van der Waals surface area contributed by atoms with Crippen LogP contribution in [-0.2, 0) is 5.41 Å². The molecule has 0 aliphatic carbocycles. The molecule has 2 aromatic rings. The Balaban J connectivity index is 1.71. The van der Waals surface area contributed by atoms with Gasteiger partial charge in [0.15, 0.2) is 0 Å². The Kier molecular flexibility index (Phi) is 4.10. The first kappa shape index (κ1) is 15.3.